The third-order valence-electron chi connectivity index (χ3n) is 11.0. The van der Waals surface area contributed by atoms with E-state index < -0.39 is 0 Å². The highest BCUT2D eigenvalue weighted by molar-refractivity contribution is 6.20. The molecule has 0 unspecified atom stereocenters. The Bertz CT molecular complexity index is 3490. The Morgan fingerprint density at radius 1 is 0.473 bits per heavy atom. The van der Waals surface area contributed by atoms with Crippen LogP contribution in [0.4, 0.5) is 0 Å². The number of hydrogen-bond donors (Lipinski definition) is 0. The lowest BCUT2D eigenvalue weighted by Crippen LogP contribution is -2.27. The lowest BCUT2D eigenvalue weighted by Gasteiger charge is -2.09. The highest BCUT2D eigenvalue weighted by Crippen LogP contribution is 2.43. The van der Waals surface area contributed by atoms with Crippen molar-refractivity contribution in [3.63, 3.8) is 0 Å². The average Bonchev–Trinajstić information content (AvgIpc) is 3.90. The lowest BCUT2D eigenvalue weighted by atomic mass is 10.0. The van der Waals surface area contributed by atoms with Gasteiger partial charge < -0.3 is 13.6 Å². The van der Waals surface area contributed by atoms with Crippen molar-refractivity contribution >= 4 is 71.2 Å². The topological polar surface area (TPSA) is 52.9 Å². The minimum atomic E-state index is 0.651. The van der Waals surface area contributed by atoms with Crippen LogP contribution >= 0.6 is 0 Å². The van der Waals surface area contributed by atoms with E-state index in [4.69, 9.17) is 14.4 Å². The summed E-state index contributed by atoms with van der Waals surface area (Å²) in [5, 5.41) is 6.81. The summed E-state index contributed by atoms with van der Waals surface area (Å²) >= 11 is 0. The summed E-state index contributed by atoms with van der Waals surface area (Å²) in [7, 11) is 0. The van der Waals surface area contributed by atoms with E-state index in [1.165, 1.54) is 32.6 Å². The number of benzene rings is 7. The molecule has 7 aromatic carbocycles. The van der Waals surface area contributed by atoms with E-state index in [-0.39, 0.29) is 0 Å². The van der Waals surface area contributed by atoms with Gasteiger partial charge in [-0.15, -0.1) is 0 Å². The average molecular weight is 705 g/mol. The van der Waals surface area contributed by atoms with Gasteiger partial charge in [0.1, 0.15) is 5.58 Å². The summed E-state index contributed by atoms with van der Waals surface area (Å²) in [6.45, 7) is 0. The van der Waals surface area contributed by atoms with Crippen molar-refractivity contribution in [1.82, 2.24) is 19.1 Å². The van der Waals surface area contributed by atoms with Gasteiger partial charge in [-0.2, -0.15) is 4.40 Å². The van der Waals surface area contributed by atoms with Crippen LogP contribution in [0.1, 0.15) is 0 Å². The first-order valence-corrected chi connectivity index (χ1v) is 18.5. The monoisotopic (exact) mass is 704 g/mol. The second kappa shape index (κ2) is 11.5. The Morgan fingerprint density at radius 3 is 1.89 bits per heavy atom. The van der Waals surface area contributed by atoms with Gasteiger partial charge in [-0.05, 0) is 72.8 Å². The van der Waals surface area contributed by atoms with E-state index in [1.807, 2.05) is 59.1 Å². The number of nitrogens with zero attached hydrogens (tertiary/aromatic N) is 5. The van der Waals surface area contributed by atoms with Crippen LogP contribution in [0.15, 0.2) is 187 Å². The molecular formula is C49H30N5O+. The van der Waals surface area contributed by atoms with E-state index >= 15 is 0 Å². The molecule has 0 fully saturated rings. The second-order valence-corrected chi connectivity index (χ2v) is 14.0. The second-order valence-electron chi connectivity index (χ2n) is 14.0. The summed E-state index contributed by atoms with van der Waals surface area (Å²) in [6, 6.07) is 61.7. The number of rotatable bonds is 4. The largest absolute Gasteiger partial charge is 0.454 e. The van der Waals surface area contributed by atoms with Crippen LogP contribution in [0.3, 0.4) is 0 Å². The first kappa shape index (κ1) is 29.9. The van der Waals surface area contributed by atoms with Crippen molar-refractivity contribution in [2.45, 2.75) is 0 Å². The lowest BCUT2D eigenvalue weighted by molar-refractivity contribution is -0.505. The predicted molar refractivity (Wildman–Crippen MR) is 222 cm³/mol. The molecule has 55 heavy (non-hydrogen) atoms. The molecule has 12 rings (SSSR count). The Morgan fingerprint density at radius 2 is 1.11 bits per heavy atom. The standard InChI is InChI=1S/C49H30N5O/c1-3-15-31(16-4-1)49-51-48(50-45-27-11-12-28-52(45)49)36-22-14-26-44-46(36)35-21-13-25-41(47(35)55-44)54-40-24-10-8-20-34(40)38-29-42-37(30-43(38)54)33-19-7-9-23-39(33)53(42)32-17-5-2-6-18-32/h1-30H/q+1. The Kier molecular flexibility index (Phi) is 6.24. The summed E-state index contributed by atoms with van der Waals surface area (Å²) in [6.07, 6.45) is 2.01. The molecule has 0 N–H and O–H groups in total. The van der Waals surface area contributed by atoms with Crippen LogP contribution in [0.25, 0.3) is 105 Å². The van der Waals surface area contributed by atoms with Crippen LogP contribution in [0.5, 0.6) is 0 Å². The molecule has 0 radical (unpaired) electrons. The minimum Gasteiger partial charge on any atom is -0.454 e. The number of furan rings is 1. The van der Waals surface area contributed by atoms with Gasteiger partial charge in [0.05, 0.1) is 45.1 Å². The number of hydrogen-bond acceptors (Lipinski definition) is 3. The van der Waals surface area contributed by atoms with Crippen LogP contribution in [0, 0.1) is 0 Å². The van der Waals surface area contributed by atoms with Gasteiger partial charge in [-0.25, -0.2) is 0 Å². The van der Waals surface area contributed by atoms with Crippen LogP contribution in [-0.2, 0) is 0 Å². The Labute approximate surface area is 314 Å². The quantitative estimate of drug-likeness (QED) is 0.171. The molecule has 6 nitrogen and oxygen atoms in total. The molecule has 5 heterocycles. The highest BCUT2D eigenvalue weighted by atomic mass is 16.3. The third-order valence-corrected chi connectivity index (χ3v) is 11.0. The van der Waals surface area contributed by atoms with Crippen molar-refractivity contribution in [3.05, 3.63) is 182 Å². The molecule has 0 saturated heterocycles. The minimum absolute atomic E-state index is 0.651. The smallest absolute Gasteiger partial charge is 0.309 e. The molecule has 0 aliphatic heterocycles. The fourth-order valence-electron chi connectivity index (χ4n) is 8.64. The summed E-state index contributed by atoms with van der Waals surface area (Å²) < 4.78 is 13.7. The number of pyridine rings is 1. The molecule has 0 spiro atoms. The molecule has 256 valence electrons. The molecule has 0 saturated carbocycles. The number of fused-ring (bicyclic) bond motifs is 10. The van der Waals surface area contributed by atoms with Gasteiger partial charge in [0.25, 0.3) is 11.5 Å². The van der Waals surface area contributed by atoms with Crippen molar-refractivity contribution in [2.24, 2.45) is 0 Å². The van der Waals surface area contributed by atoms with Crippen LogP contribution in [0.2, 0.25) is 0 Å². The Balaban J connectivity index is 1.14. The van der Waals surface area contributed by atoms with E-state index in [1.54, 1.807) is 0 Å². The van der Waals surface area contributed by atoms with E-state index in [0.29, 0.717) is 5.82 Å². The zero-order chi connectivity index (χ0) is 36.0. The van der Waals surface area contributed by atoms with Crippen molar-refractivity contribution in [2.75, 3.05) is 0 Å². The fourth-order valence-corrected chi connectivity index (χ4v) is 8.64. The highest BCUT2D eigenvalue weighted by Gasteiger charge is 2.25. The maximum Gasteiger partial charge on any atom is 0.309 e. The first-order valence-electron chi connectivity index (χ1n) is 18.5. The molecule has 0 amide bonds. The number of aromatic nitrogens is 5. The van der Waals surface area contributed by atoms with E-state index in [2.05, 4.69) is 137 Å². The SMILES string of the molecule is c1ccc(-c2nc(-c3cccc4oc5c(-n6c7ccccc7c7cc8c(cc76)c6ccccc6n8-c6ccccc6)cccc5c34)nc3cccc[n+]23)cc1. The Hall–Kier alpha value is -7.57. The third kappa shape index (κ3) is 4.33. The fraction of sp³-hybridized carbons (Fsp3) is 0. The molecule has 0 bridgehead atoms. The molecule has 0 aliphatic carbocycles. The van der Waals surface area contributed by atoms with Gasteiger partial charge in [0.15, 0.2) is 5.58 Å². The van der Waals surface area contributed by atoms with Gasteiger partial charge in [-0.1, -0.05) is 107 Å². The zero-order valence-electron chi connectivity index (χ0n) is 29.5. The van der Waals surface area contributed by atoms with Crippen LogP contribution in [-0.4, -0.2) is 19.1 Å². The van der Waals surface area contributed by atoms with E-state index in [9.17, 15) is 0 Å². The summed E-state index contributed by atoms with van der Waals surface area (Å²) in [5.41, 5.74) is 11.1. The molecule has 5 aromatic heterocycles. The molecule has 0 atom stereocenters. The zero-order valence-corrected chi connectivity index (χ0v) is 29.5. The molecule has 6 heteroatoms. The van der Waals surface area contributed by atoms with Crippen molar-refractivity contribution in [1.29, 1.82) is 0 Å². The molecule has 0 aliphatic rings. The molecular weight excluding hydrogens is 675 g/mol. The van der Waals surface area contributed by atoms with E-state index in [0.717, 1.165) is 66.9 Å². The maximum atomic E-state index is 6.90. The molecule has 12 aromatic rings. The normalized spacial score (nSPS) is 12.0. The summed E-state index contributed by atoms with van der Waals surface area (Å²) in [5.74, 6) is 1.48. The summed E-state index contributed by atoms with van der Waals surface area (Å²) in [4.78, 5) is 10.3. The van der Waals surface area contributed by atoms with Crippen LogP contribution < -0.4 is 4.40 Å². The number of para-hydroxylation sites is 4. The van der Waals surface area contributed by atoms with Gasteiger partial charge in [-0.3, -0.25) is 0 Å². The van der Waals surface area contributed by atoms with Gasteiger partial charge in [0, 0.05) is 44.1 Å². The van der Waals surface area contributed by atoms with Gasteiger partial charge >= 0.3 is 5.82 Å². The first-order chi connectivity index (χ1) is 27.3. The van der Waals surface area contributed by atoms with Gasteiger partial charge in [0.2, 0.25) is 0 Å². The predicted octanol–water partition coefficient (Wildman–Crippen LogP) is 11.6. The maximum absolute atomic E-state index is 6.90. The van der Waals surface area contributed by atoms with Crippen molar-refractivity contribution in [3.8, 4) is 34.2 Å². The van der Waals surface area contributed by atoms with Crippen molar-refractivity contribution < 1.29 is 8.82 Å².